The van der Waals surface area contributed by atoms with Crippen molar-refractivity contribution in [1.82, 2.24) is 10.0 Å². The lowest BCUT2D eigenvalue weighted by molar-refractivity contribution is -0.141. The summed E-state index contributed by atoms with van der Waals surface area (Å²) in [4.78, 5) is 11.2. The maximum Gasteiger partial charge on any atom is 0.260 e. The fourth-order valence-electron chi connectivity index (χ4n) is 1.45. The van der Waals surface area contributed by atoms with E-state index in [4.69, 9.17) is 0 Å². The molecule has 0 saturated carbocycles. The van der Waals surface area contributed by atoms with E-state index in [1.54, 1.807) is 12.1 Å². The van der Waals surface area contributed by atoms with E-state index in [-0.39, 0.29) is 5.91 Å². The Kier molecular flexibility index (Phi) is 3.29. The topological polar surface area (TPSA) is 23.6 Å². The van der Waals surface area contributed by atoms with Crippen LogP contribution in [0.25, 0.3) is 0 Å². The van der Waals surface area contributed by atoms with Crippen LogP contribution in [-0.2, 0) is 4.79 Å². The summed E-state index contributed by atoms with van der Waals surface area (Å²) in [7, 11) is 1.80. The Morgan fingerprint density at radius 3 is 2.50 bits per heavy atom. The Morgan fingerprint density at radius 1 is 1.42 bits per heavy atom. The lowest BCUT2D eigenvalue weighted by Crippen LogP contribution is -2.45. The fourth-order valence-corrected chi connectivity index (χ4v) is 1.45. The minimum absolute atomic E-state index is 0.0168. The number of nitrogens with zero attached hydrogens (tertiary/aromatic N) is 2. The van der Waals surface area contributed by atoms with Gasteiger partial charge in [0.15, 0.2) is 0 Å². The Balaban J connectivity index is 2.44. The van der Waals surface area contributed by atoms with E-state index < -0.39 is 0 Å². The molecule has 12 heavy (non-hydrogen) atoms. The molecular formula is C9H16N2O. The highest BCUT2D eigenvalue weighted by Crippen LogP contribution is 2.10. The lowest BCUT2D eigenvalue weighted by Gasteiger charge is -2.33. The van der Waals surface area contributed by atoms with Crippen LogP contribution in [0.4, 0.5) is 0 Å². The SMILES string of the molecule is C=CC(=O)N(C)N1CCCCC1. The number of piperidine rings is 1. The first-order valence-electron chi connectivity index (χ1n) is 4.40. The van der Waals surface area contributed by atoms with Crippen LogP contribution < -0.4 is 0 Å². The maximum absolute atomic E-state index is 11.2. The second kappa shape index (κ2) is 4.26. The van der Waals surface area contributed by atoms with Crippen molar-refractivity contribution in [1.29, 1.82) is 0 Å². The highest BCUT2D eigenvalue weighted by molar-refractivity contribution is 5.86. The quantitative estimate of drug-likeness (QED) is 0.575. The van der Waals surface area contributed by atoms with Crippen LogP contribution in [-0.4, -0.2) is 36.1 Å². The van der Waals surface area contributed by atoms with Gasteiger partial charge in [0.25, 0.3) is 5.91 Å². The molecule has 0 unspecified atom stereocenters. The van der Waals surface area contributed by atoms with Crippen molar-refractivity contribution in [3.05, 3.63) is 12.7 Å². The van der Waals surface area contributed by atoms with Gasteiger partial charge in [0.2, 0.25) is 0 Å². The van der Waals surface area contributed by atoms with Crippen LogP contribution in [0, 0.1) is 0 Å². The molecule has 1 aliphatic heterocycles. The van der Waals surface area contributed by atoms with Crippen molar-refractivity contribution in [2.75, 3.05) is 20.1 Å². The predicted molar refractivity (Wildman–Crippen MR) is 48.4 cm³/mol. The van der Waals surface area contributed by atoms with Crippen LogP contribution in [0.5, 0.6) is 0 Å². The first kappa shape index (κ1) is 9.26. The largest absolute Gasteiger partial charge is 0.275 e. The molecule has 0 bridgehead atoms. The Morgan fingerprint density at radius 2 is 2.00 bits per heavy atom. The first-order valence-corrected chi connectivity index (χ1v) is 4.40. The van der Waals surface area contributed by atoms with Crippen molar-refractivity contribution < 1.29 is 4.79 Å². The minimum atomic E-state index is -0.0168. The number of hydrogen-bond acceptors (Lipinski definition) is 2. The van der Waals surface area contributed by atoms with Crippen molar-refractivity contribution in [3.8, 4) is 0 Å². The summed E-state index contributed by atoms with van der Waals surface area (Å²) in [5.74, 6) is -0.0168. The van der Waals surface area contributed by atoms with Crippen LogP contribution in [0.15, 0.2) is 12.7 Å². The zero-order valence-electron chi connectivity index (χ0n) is 7.62. The summed E-state index contributed by atoms with van der Waals surface area (Å²) in [6.45, 7) is 5.45. The van der Waals surface area contributed by atoms with Crippen LogP contribution in [0.2, 0.25) is 0 Å². The van der Waals surface area contributed by atoms with Crippen molar-refractivity contribution in [2.24, 2.45) is 0 Å². The molecule has 0 atom stereocenters. The average molecular weight is 168 g/mol. The molecular weight excluding hydrogens is 152 g/mol. The molecule has 1 heterocycles. The fraction of sp³-hybridized carbons (Fsp3) is 0.667. The van der Waals surface area contributed by atoms with E-state index in [0.717, 1.165) is 13.1 Å². The zero-order chi connectivity index (χ0) is 8.97. The third-order valence-corrected chi connectivity index (χ3v) is 2.25. The zero-order valence-corrected chi connectivity index (χ0v) is 7.62. The molecule has 1 saturated heterocycles. The van der Waals surface area contributed by atoms with E-state index in [1.165, 1.54) is 25.3 Å². The summed E-state index contributed by atoms with van der Waals surface area (Å²) in [6, 6.07) is 0. The molecule has 68 valence electrons. The third kappa shape index (κ3) is 2.08. The Labute approximate surface area is 73.6 Å². The summed E-state index contributed by atoms with van der Waals surface area (Å²) in [6.07, 6.45) is 5.02. The standard InChI is InChI=1S/C9H16N2O/c1-3-9(12)10(2)11-7-5-4-6-8-11/h3H,1,4-8H2,2H3. The molecule has 1 rings (SSSR count). The van der Waals surface area contributed by atoms with Crippen molar-refractivity contribution in [3.63, 3.8) is 0 Å². The minimum Gasteiger partial charge on any atom is -0.275 e. The Bertz CT molecular complexity index is 173. The third-order valence-electron chi connectivity index (χ3n) is 2.25. The Hall–Kier alpha value is -0.830. The van der Waals surface area contributed by atoms with Gasteiger partial charge >= 0.3 is 0 Å². The summed E-state index contributed by atoms with van der Waals surface area (Å²) >= 11 is 0. The van der Waals surface area contributed by atoms with Gasteiger partial charge in [-0.05, 0) is 18.9 Å². The van der Waals surface area contributed by atoms with E-state index in [1.807, 2.05) is 0 Å². The molecule has 0 radical (unpaired) electrons. The van der Waals surface area contributed by atoms with Crippen molar-refractivity contribution >= 4 is 5.91 Å². The summed E-state index contributed by atoms with van der Waals surface area (Å²) < 4.78 is 0. The van der Waals surface area contributed by atoms with Gasteiger partial charge in [-0.3, -0.25) is 9.80 Å². The van der Waals surface area contributed by atoms with E-state index >= 15 is 0 Å². The van der Waals surface area contributed by atoms with E-state index in [9.17, 15) is 4.79 Å². The average Bonchev–Trinajstić information content (AvgIpc) is 2.17. The van der Waals surface area contributed by atoms with Crippen molar-refractivity contribution in [2.45, 2.75) is 19.3 Å². The maximum atomic E-state index is 11.2. The number of likely N-dealkylation sites (N-methyl/N-ethyl adjacent to an activating group) is 1. The van der Waals surface area contributed by atoms with Gasteiger partial charge < -0.3 is 0 Å². The molecule has 0 aromatic rings. The molecule has 1 fully saturated rings. The predicted octanol–water partition coefficient (Wildman–Crippen LogP) is 1.03. The van der Waals surface area contributed by atoms with E-state index in [0.29, 0.717) is 0 Å². The van der Waals surface area contributed by atoms with Gasteiger partial charge in [0.1, 0.15) is 0 Å². The van der Waals surface area contributed by atoms with Crippen LogP contribution >= 0.6 is 0 Å². The first-order chi connectivity index (χ1) is 5.75. The summed E-state index contributed by atoms with van der Waals surface area (Å²) in [5.41, 5.74) is 0. The molecule has 3 heteroatoms. The number of carbonyl (C=O) groups is 1. The number of carbonyl (C=O) groups excluding carboxylic acids is 1. The number of rotatable bonds is 2. The molecule has 3 nitrogen and oxygen atoms in total. The van der Waals surface area contributed by atoms with Crippen LogP contribution in [0.3, 0.4) is 0 Å². The van der Waals surface area contributed by atoms with E-state index in [2.05, 4.69) is 11.6 Å². The molecule has 0 aromatic carbocycles. The van der Waals surface area contributed by atoms with Gasteiger partial charge in [0.05, 0.1) is 0 Å². The van der Waals surface area contributed by atoms with Gasteiger partial charge in [-0.2, -0.15) is 0 Å². The molecule has 0 aliphatic carbocycles. The lowest BCUT2D eigenvalue weighted by atomic mass is 10.2. The van der Waals surface area contributed by atoms with Crippen LogP contribution in [0.1, 0.15) is 19.3 Å². The summed E-state index contributed by atoms with van der Waals surface area (Å²) in [5, 5.41) is 3.74. The second-order valence-corrected chi connectivity index (χ2v) is 3.08. The smallest absolute Gasteiger partial charge is 0.260 e. The van der Waals surface area contributed by atoms with Gasteiger partial charge in [-0.1, -0.05) is 13.0 Å². The highest BCUT2D eigenvalue weighted by Gasteiger charge is 2.16. The molecule has 0 N–H and O–H groups in total. The normalized spacial score (nSPS) is 18.8. The molecule has 0 aromatic heterocycles. The van der Waals surface area contributed by atoms with Gasteiger partial charge in [-0.15, -0.1) is 0 Å². The van der Waals surface area contributed by atoms with Gasteiger partial charge in [0, 0.05) is 20.1 Å². The number of hydrogen-bond donors (Lipinski definition) is 0. The number of amides is 1. The molecule has 0 spiro atoms. The monoisotopic (exact) mass is 168 g/mol. The molecule has 1 aliphatic rings. The second-order valence-electron chi connectivity index (χ2n) is 3.08. The van der Waals surface area contributed by atoms with Gasteiger partial charge in [-0.25, -0.2) is 5.01 Å². The highest BCUT2D eigenvalue weighted by atomic mass is 16.2. The molecule has 1 amide bonds. The number of hydrazine groups is 1.